The van der Waals surface area contributed by atoms with E-state index in [0.717, 1.165) is 22.4 Å². The second-order valence-corrected chi connectivity index (χ2v) is 6.69. The van der Waals surface area contributed by atoms with E-state index < -0.39 is 5.60 Å². The van der Waals surface area contributed by atoms with Crippen molar-refractivity contribution in [3.8, 4) is 0 Å². The van der Waals surface area contributed by atoms with Crippen LogP contribution in [-0.2, 0) is 9.53 Å². The second-order valence-electron chi connectivity index (χ2n) is 6.69. The summed E-state index contributed by atoms with van der Waals surface area (Å²) in [5, 5.41) is 0. The quantitative estimate of drug-likeness (QED) is 0.748. The van der Waals surface area contributed by atoms with E-state index in [-0.39, 0.29) is 11.8 Å². The lowest BCUT2D eigenvalue weighted by molar-refractivity contribution is -0.130. The topological polar surface area (TPSA) is 42.4 Å². The highest BCUT2D eigenvalue weighted by molar-refractivity contribution is 5.94. The summed E-state index contributed by atoms with van der Waals surface area (Å²) in [7, 11) is 1.98. The molecule has 4 nitrogen and oxygen atoms in total. The predicted molar refractivity (Wildman–Crippen MR) is 88.5 cm³/mol. The Bertz CT molecular complexity index is 776. The van der Waals surface area contributed by atoms with Gasteiger partial charge in [-0.05, 0) is 49.3 Å². The molecule has 0 fully saturated rings. The lowest BCUT2D eigenvalue weighted by Crippen LogP contribution is -2.59. The third kappa shape index (κ3) is 1.94. The van der Waals surface area contributed by atoms with Gasteiger partial charge in [0.25, 0.3) is 0 Å². The Hall–Kier alpha value is -2.20. The zero-order valence-corrected chi connectivity index (χ0v) is 13.7. The fourth-order valence-electron chi connectivity index (χ4n) is 4.09. The number of Topliss-reactive ketones (excluding diaryl/α,β-unsaturated/α-hetero) is 1. The molecule has 118 valence electrons. The number of ether oxygens (including phenoxy) is 1. The van der Waals surface area contributed by atoms with E-state index in [1.165, 1.54) is 5.57 Å². The molecule has 2 atom stereocenters. The van der Waals surface area contributed by atoms with Gasteiger partial charge in [0.15, 0.2) is 5.78 Å². The molecule has 4 heteroatoms. The number of carbonyl (C=O) groups excluding carboxylic acids is 1. The zero-order valence-electron chi connectivity index (χ0n) is 13.7. The number of nitrogens with zero attached hydrogens (tertiary/aromatic N) is 2. The summed E-state index contributed by atoms with van der Waals surface area (Å²) in [6, 6.07) is 3.65. The third-order valence-corrected chi connectivity index (χ3v) is 5.04. The maximum absolute atomic E-state index is 12.8. The molecule has 1 aromatic heterocycles. The normalized spacial score (nSPS) is 30.0. The van der Waals surface area contributed by atoms with Crippen LogP contribution in [0, 0.1) is 0 Å². The Morgan fingerprint density at radius 1 is 1.39 bits per heavy atom. The van der Waals surface area contributed by atoms with Gasteiger partial charge in [-0.25, -0.2) is 0 Å². The number of allylic oxidation sites excluding steroid dienone is 1. The van der Waals surface area contributed by atoms with Crippen LogP contribution in [0.4, 0.5) is 0 Å². The van der Waals surface area contributed by atoms with Crippen molar-refractivity contribution in [1.82, 2.24) is 9.88 Å². The van der Waals surface area contributed by atoms with E-state index in [0.29, 0.717) is 13.0 Å². The number of carbonyl (C=O) groups is 1. The van der Waals surface area contributed by atoms with Crippen LogP contribution in [0.2, 0.25) is 0 Å². The summed E-state index contributed by atoms with van der Waals surface area (Å²) in [6.45, 7) is 4.68. The number of rotatable bonds is 1. The Kier molecular flexibility index (Phi) is 3.07. The molecule has 2 aliphatic heterocycles. The van der Waals surface area contributed by atoms with Crippen LogP contribution in [0.3, 0.4) is 0 Å². The number of hydrogen-bond acceptors (Lipinski definition) is 4. The van der Waals surface area contributed by atoms with Gasteiger partial charge >= 0.3 is 0 Å². The number of likely N-dealkylation sites (N-methyl/N-ethyl adjacent to an activating group) is 1. The van der Waals surface area contributed by atoms with E-state index in [1.54, 1.807) is 6.20 Å². The minimum atomic E-state index is -0.621. The summed E-state index contributed by atoms with van der Waals surface area (Å²) < 4.78 is 6.18. The van der Waals surface area contributed by atoms with Crippen molar-refractivity contribution in [3.05, 3.63) is 59.0 Å². The number of hydrogen-bond donors (Lipinski definition) is 0. The molecular weight excluding hydrogens is 288 g/mol. The van der Waals surface area contributed by atoms with Gasteiger partial charge in [-0.15, -0.1) is 0 Å². The number of aromatic nitrogens is 1. The molecule has 0 saturated carbocycles. The van der Waals surface area contributed by atoms with E-state index in [2.05, 4.69) is 29.0 Å². The molecule has 0 amide bonds. The van der Waals surface area contributed by atoms with Gasteiger partial charge in [-0.3, -0.25) is 9.78 Å². The molecule has 0 aromatic carbocycles. The summed E-state index contributed by atoms with van der Waals surface area (Å²) >= 11 is 0. The molecule has 3 heterocycles. The van der Waals surface area contributed by atoms with Crippen molar-refractivity contribution >= 4 is 11.5 Å². The van der Waals surface area contributed by atoms with Gasteiger partial charge in [0, 0.05) is 37.1 Å². The summed E-state index contributed by atoms with van der Waals surface area (Å²) in [6.07, 6.45) is 8.41. The van der Waals surface area contributed by atoms with Crippen molar-refractivity contribution < 1.29 is 9.53 Å². The molecule has 0 saturated heterocycles. The van der Waals surface area contributed by atoms with E-state index in [9.17, 15) is 4.79 Å². The monoisotopic (exact) mass is 308 g/mol. The maximum atomic E-state index is 12.8. The van der Waals surface area contributed by atoms with Gasteiger partial charge in [-0.1, -0.05) is 5.57 Å². The van der Waals surface area contributed by atoms with Crippen LogP contribution >= 0.6 is 0 Å². The number of pyridine rings is 1. The highest BCUT2D eigenvalue weighted by atomic mass is 16.5. The Labute approximate surface area is 136 Å². The SMILES string of the molecule is CC1=CC23OCC(C)=C2C=C(c2cccnc2)N(C)C3C(=O)C1. The second kappa shape index (κ2) is 4.90. The first-order valence-corrected chi connectivity index (χ1v) is 7.93. The van der Waals surface area contributed by atoms with Crippen LogP contribution in [-0.4, -0.2) is 41.0 Å². The van der Waals surface area contributed by atoms with Crippen molar-refractivity contribution in [2.45, 2.75) is 31.9 Å². The van der Waals surface area contributed by atoms with Crippen molar-refractivity contribution in [1.29, 1.82) is 0 Å². The molecule has 4 rings (SSSR count). The van der Waals surface area contributed by atoms with E-state index >= 15 is 0 Å². The average molecular weight is 308 g/mol. The largest absolute Gasteiger partial charge is 0.361 e. The lowest BCUT2D eigenvalue weighted by atomic mass is 9.73. The smallest absolute Gasteiger partial charge is 0.162 e. The van der Waals surface area contributed by atoms with Crippen LogP contribution in [0.1, 0.15) is 25.8 Å². The van der Waals surface area contributed by atoms with Crippen LogP contribution in [0.15, 0.2) is 53.4 Å². The van der Waals surface area contributed by atoms with Crippen LogP contribution in [0.5, 0.6) is 0 Å². The molecule has 1 spiro atoms. The van der Waals surface area contributed by atoms with Crippen molar-refractivity contribution in [2.75, 3.05) is 13.7 Å². The molecule has 0 radical (unpaired) electrons. The van der Waals surface area contributed by atoms with E-state index in [1.807, 2.05) is 32.3 Å². The Morgan fingerprint density at radius 3 is 2.96 bits per heavy atom. The third-order valence-electron chi connectivity index (χ3n) is 5.04. The minimum absolute atomic E-state index is 0.217. The average Bonchev–Trinajstić information content (AvgIpc) is 2.82. The molecule has 1 aliphatic carbocycles. The van der Waals surface area contributed by atoms with Gasteiger partial charge in [0.2, 0.25) is 0 Å². The molecule has 2 unspecified atom stereocenters. The van der Waals surface area contributed by atoms with Crippen molar-refractivity contribution in [2.24, 2.45) is 0 Å². The molecular formula is C19H20N2O2. The summed E-state index contributed by atoms with van der Waals surface area (Å²) in [5.41, 5.74) is 4.85. The highest BCUT2D eigenvalue weighted by Gasteiger charge is 2.54. The first kappa shape index (κ1) is 14.4. The standard InChI is InChI=1S/C19H20N2O2/c1-12-7-17(22)18-19(9-12)15(13(2)11-23-19)8-16(21(18)3)14-5-4-6-20-10-14/h4-6,8-10,18H,7,11H2,1-3H3. The first-order chi connectivity index (χ1) is 11.0. The van der Waals surface area contributed by atoms with Gasteiger partial charge < -0.3 is 9.64 Å². The van der Waals surface area contributed by atoms with Gasteiger partial charge in [-0.2, -0.15) is 0 Å². The molecule has 0 bridgehead atoms. The number of ketones is 1. The zero-order chi connectivity index (χ0) is 16.2. The molecule has 3 aliphatic rings. The highest BCUT2D eigenvalue weighted by Crippen LogP contribution is 2.48. The summed E-state index contributed by atoms with van der Waals surface area (Å²) in [4.78, 5) is 19.1. The Balaban J connectivity index is 1.95. The first-order valence-electron chi connectivity index (χ1n) is 7.93. The predicted octanol–water partition coefficient (Wildman–Crippen LogP) is 2.74. The van der Waals surface area contributed by atoms with Crippen LogP contribution < -0.4 is 0 Å². The fraction of sp³-hybridized carbons (Fsp3) is 0.368. The van der Waals surface area contributed by atoms with Gasteiger partial charge in [0.1, 0.15) is 11.6 Å². The fourth-order valence-corrected chi connectivity index (χ4v) is 4.09. The molecule has 1 aromatic rings. The van der Waals surface area contributed by atoms with E-state index in [4.69, 9.17) is 4.74 Å². The Morgan fingerprint density at radius 2 is 2.22 bits per heavy atom. The molecule has 0 N–H and O–H groups in total. The minimum Gasteiger partial charge on any atom is -0.361 e. The molecule has 23 heavy (non-hydrogen) atoms. The van der Waals surface area contributed by atoms with Gasteiger partial charge in [0.05, 0.1) is 6.61 Å². The lowest BCUT2D eigenvalue weighted by Gasteiger charge is -2.48. The summed E-state index contributed by atoms with van der Waals surface area (Å²) in [5.74, 6) is 0.217. The maximum Gasteiger partial charge on any atom is 0.162 e. The van der Waals surface area contributed by atoms with Crippen LogP contribution in [0.25, 0.3) is 5.70 Å². The van der Waals surface area contributed by atoms with Crippen molar-refractivity contribution in [3.63, 3.8) is 0 Å².